The van der Waals surface area contributed by atoms with Gasteiger partial charge >= 0.3 is 0 Å². The summed E-state index contributed by atoms with van der Waals surface area (Å²) >= 11 is 1.68. The van der Waals surface area contributed by atoms with Crippen molar-refractivity contribution >= 4 is 27.5 Å². The van der Waals surface area contributed by atoms with Crippen LogP contribution in [-0.2, 0) is 11.2 Å². The van der Waals surface area contributed by atoms with E-state index in [0.717, 1.165) is 36.3 Å². The van der Waals surface area contributed by atoms with E-state index in [9.17, 15) is 9.90 Å². The Morgan fingerprint density at radius 2 is 2.35 bits per heavy atom. The van der Waals surface area contributed by atoms with E-state index in [1.54, 1.807) is 11.3 Å². The number of carbonyl (C=O) groups is 1. The zero-order chi connectivity index (χ0) is 16.2. The second-order valence-electron chi connectivity index (χ2n) is 6.28. The van der Waals surface area contributed by atoms with Gasteiger partial charge in [0.1, 0.15) is 0 Å². The van der Waals surface area contributed by atoms with Crippen molar-refractivity contribution in [3.63, 3.8) is 0 Å². The third-order valence-corrected chi connectivity index (χ3v) is 5.13. The maximum Gasteiger partial charge on any atom is 0.234 e. The first-order chi connectivity index (χ1) is 11.1. The molecule has 0 bridgehead atoms. The average molecular weight is 333 g/mol. The second kappa shape index (κ2) is 7.38. The van der Waals surface area contributed by atoms with Crippen molar-refractivity contribution in [3.05, 3.63) is 29.3 Å². The van der Waals surface area contributed by atoms with Crippen LogP contribution in [0.1, 0.15) is 24.8 Å². The van der Waals surface area contributed by atoms with E-state index < -0.39 is 0 Å². The van der Waals surface area contributed by atoms with E-state index in [0.29, 0.717) is 13.1 Å². The molecule has 1 aliphatic heterocycles. The lowest BCUT2D eigenvalue weighted by atomic mass is 10.1. The van der Waals surface area contributed by atoms with Crippen LogP contribution in [-0.4, -0.2) is 52.7 Å². The predicted octanol–water partition coefficient (Wildman–Crippen LogP) is 1.80. The number of amides is 1. The van der Waals surface area contributed by atoms with Crippen molar-refractivity contribution in [1.82, 2.24) is 15.2 Å². The summed E-state index contributed by atoms with van der Waals surface area (Å²) in [5, 5.41) is 13.7. The van der Waals surface area contributed by atoms with Crippen molar-refractivity contribution in [2.75, 3.05) is 19.6 Å². The SMILES string of the molecule is C[C@H](Cc1nc2ccccc2s1)NC(=O)CN1CCC[C@H](O)C1. The summed E-state index contributed by atoms with van der Waals surface area (Å²) in [6, 6.07) is 8.15. The summed E-state index contributed by atoms with van der Waals surface area (Å²) in [5.74, 6) is 0.0210. The molecule has 1 aromatic carbocycles. The molecule has 0 saturated carbocycles. The summed E-state index contributed by atoms with van der Waals surface area (Å²) in [4.78, 5) is 18.8. The fourth-order valence-corrected chi connectivity index (χ4v) is 4.11. The third kappa shape index (κ3) is 4.50. The van der Waals surface area contributed by atoms with E-state index in [-0.39, 0.29) is 18.1 Å². The number of hydrogen-bond donors (Lipinski definition) is 2. The number of hydrogen-bond acceptors (Lipinski definition) is 5. The van der Waals surface area contributed by atoms with E-state index in [2.05, 4.69) is 16.4 Å². The summed E-state index contributed by atoms with van der Waals surface area (Å²) in [7, 11) is 0. The summed E-state index contributed by atoms with van der Waals surface area (Å²) in [6.45, 7) is 3.85. The molecule has 2 atom stereocenters. The zero-order valence-corrected chi connectivity index (χ0v) is 14.2. The van der Waals surface area contributed by atoms with Crippen molar-refractivity contribution in [1.29, 1.82) is 0 Å². The highest BCUT2D eigenvalue weighted by atomic mass is 32.1. The van der Waals surface area contributed by atoms with Gasteiger partial charge in [0.05, 0.1) is 27.9 Å². The lowest BCUT2D eigenvalue weighted by Gasteiger charge is -2.29. The number of para-hydroxylation sites is 1. The van der Waals surface area contributed by atoms with Crippen LogP contribution < -0.4 is 5.32 Å². The van der Waals surface area contributed by atoms with Crippen LogP contribution in [0.25, 0.3) is 10.2 Å². The highest BCUT2D eigenvalue weighted by Crippen LogP contribution is 2.22. The van der Waals surface area contributed by atoms with Crippen LogP contribution in [0.3, 0.4) is 0 Å². The number of nitrogens with zero attached hydrogens (tertiary/aromatic N) is 2. The predicted molar refractivity (Wildman–Crippen MR) is 92.6 cm³/mol. The van der Waals surface area contributed by atoms with Gasteiger partial charge in [-0.15, -0.1) is 11.3 Å². The molecule has 0 radical (unpaired) electrons. The molecule has 124 valence electrons. The number of fused-ring (bicyclic) bond motifs is 1. The Bertz CT molecular complexity index is 640. The number of aromatic nitrogens is 1. The Morgan fingerprint density at radius 1 is 1.52 bits per heavy atom. The minimum Gasteiger partial charge on any atom is -0.392 e. The first kappa shape index (κ1) is 16.4. The summed E-state index contributed by atoms with van der Waals surface area (Å²) in [6.07, 6.45) is 2.24. The molecule has 6 heteroatoms. The molecular weight excluding hydrogens is 310 g/mol. The number of aliphatic hydroxyl groups is 1. The molecule has 2 aromatic rings. The number of β-amino-alcohol motifs (C(OH)–C–C–N with tert-alkyl or cyclic N) is 1. The van der Waals surface area contributed by atoms with Gasteiger partial charge in [-0.1, -0.05) is 12.1 Å². The molecule has 1 amide bonds. The monoisotopic (exact) mass is 333 g/mol. The smallest absolute Gasteiger partial charge is 0.234 e. The van der Waals surface area contributed by atoms with E-state index in [4.69, 9.17) is 0 Å². The van der Waals surface area contributed by atoms with Gasteiger partial charge in [-0.25, -0.2) is 4.98 Å². The van der Waals surface area contributed by atoms with Crippen molar-refractivity contribution in [3.8, 4) is 0 Å². The first-order valence-electron chi connectivity index (χ1n) is 8.14. The topological polar surface area (TPSA) is 65.5 Å². The number of aliphatic hydroxyl groups excluding tert-OH is 1. The minimum atomic E-state index is -0.295. The number of benzene rings is 1. The van der Waals surface area contributed by atoms with Crippen LogP contribution >= 0.6 is 11.3 Å². The minimum absolute atomic E-state index is 0.0210. The van der Waals surface area contributed by atoms with Crippen molar-refractivity contribution in [2.45, 2.75) is 38.3 Å². The molecule has 23 heavy (non-hydrogen) atoms. The quantitative estimate of drug-likeness (QED) is 0.876. The Morgan fingerprint density at radius 3 is 3.13 bits per heavy atom. The molecule has 2 N–H and O–H groups in total. The van der Waals surface area contributed by atoms with Gasteiger partial charge in [0.25, 0.3) is 0 Å². The number of piperidine rings is 1. The normalized spacial score (nSPS) is 20.5. The molecule has 1 aromatic heterocycles. The molecule has 0 aliphatic carbocycles. The van der Waals surface area contributed by atoms with Gasteiger partial charge < -0.3 is 10.4 Å². The van der Waals surface area contributed by atoms with Crippen LogP contribution in [0, 0.1) is 0 Å². The summed E-state index contributed by atoms with van der Waals surface area (Å²) in [5.41, 5.74) is 1.02. The highest BCUT2D eigenvalue weighted by Gasteiger charge is 2.20. The molecule has 0 spiro atoms. The molecule has 2 heterocycles. The van der Waals surface area contributed by atoms with Crippen LogP contribution in [0.2, 0.25) is 0 Å². The molecule has 5 nitrogen and oxygen atoms in total. The number of thiazole rings is 1. The van der Waals surface area contributed by atoms with Gasteiger partial charge in [0, 0.05) is 19.0 Å². The van der Waals surface area contributed by atoms with Crippen molar-refractivity contribution < 1.29 is 9.90 Å². The maximum atomic E-state index is 12.1. The van der Waals surface area contributed by atoms with Gasteiger partial charge in [0.15, 0.2) is 0 Å². The maximum absolute atomic E-state index is 12.1. The first-order valence-corrected chi connectivity index (χ1v) is 8.96. The van der Waals surface area contributed by atoms with E-state index in [1.807, 2.05) is 30.0 Å². The number of carbonyl (C=O) groups excluding carboxylic acids is 1. The summed E-state index contributed by atoms with van der Waals surface area (Å²) < 4.78 is 1.18. The molecule has 0 unspecified atom stereocenters. The molecule has 1 fully saturated rings. The Kier molecular flexibility index (Phi) is 5.25. The van der Waals surface area contributed by atoms with Crippen LogP contribution in [0.4, 0.5) is 0 Å². The number of nitrogens with one attached hydrogen (secondary N) is 1. The third-order valence-electron chi connectivity index (χ3n) is 4.07. The lowest BCUT2D eigenvalue weighted by Crippen LogP contribution is -2.46. The average Bonchev–Trinajstić information content (AvgIpc) is 2.88. The fraction of sp³-hybridized carbons (Fsp3) is 0.529. The number of likely N-dealkylation sites (tertiary alicyclic amines) is 1. The Labute approximate surface area is 140 Å². The van der Waals surface area contributed by atoms with Gasteiger partial charge in [-0.05, 0) is 38.4 Å². The Balaban J connectivity index is 1.50. The zero-order valence-electron chi connectivity index (χ0n) is 13.4. The largest absolute Gasteiger partial charge is 0.392 e. The van der Waals surface area contributed by atoms with E-state index in [1.165, 1.54) is 4.70 Å². The molecule has 3 rings (SSSR count). The van der Waals surface area contributed by atoms with Crippen molar-refractivity contribution in [2.24, 2.45) is 0 Å². The van der Waals surface area contributed by atoms with Gasteiger partial charge in [-0.3, -0.25) is 9.69 Å². The fourth-order valence-electron chi connectivity index (χ4n) is 3.02. The standard InChI is InChI=1S/C17H23N3O2S/c1-12(9-17-19-14-6-2-3-7-15(14)23-17)18-16(22)11-20-8-4-5-13(21)10-20/h2-3,6-7,12-13,21H,4-5,8-11H2,1H3,(H,18,22)/t12-,13+/m1/s1. The highest BCUT2D eigenvalue weighted by molar-refractivity contribution is 7.18. The molecular formula is C17H23N3O2S. The number of rotatable bonds is 5. The molecule has 1 aliphatic rings. The van der Waals surface area contributed by atoms with Crippen LogP contribution in [0.5, 0.6) is 0 Å². The van der Waals surface area contributed by atoms with Gasteiger partial charge in [-0.2, -0.15) is 0 Å². The van der Waals surface area contributed by atoms with Gasteiger partial charge in [0.2, 0.25) is 5.91 Å². The van der Waals surface area contributed by atoms with Crippen LogP contribution in [0.15, 0.2) is 24.3 Å². The van der Waals surface area contributed by atoms with E-state index >= 15 is 0 Å². The lowest BCUT2D eigenvalue weighted by molar-refractivity contribution is -0.123. The Hall–Kier alpha value is -1.50. The molecule has 1 saturated heterocycles. The second-order valence-corrected chi connectivity index (χ2v) is 7.39.